The van der Waals surface area contributed by atoms with Crippen LogP contribution in [0.15, 0.2) is 24.3 Å². The van der Waals surface area contributed by atoms with Gasteiger partial charge in [0.2, 0.25) is 5.91 Å². The molecule has 2 amide bonds. The zero-order chi connectivity index (χ0) is 14.2. The Morgan fingerprint density at radius 1 is 1.42 bits per heavy atom. The first kappa shape index (κ1) is 14.3. The van der Waals surface area contributed by atoms with Gasteiger partial charge in [-0.3, -0.25) is 14.5 Å². The first-order valence-electron chi connectivity index (χ1n) is 6.30. The van der Waals surface area contributed by atoms with Gasteiger partial charge in [-0.1, -0.05) is 13.0 Å². The van der Waals surface area contributed by atoms with Gasteiger partial charge in [-0.25, -0.2) is 0 Å². The SMILES string of the molecule is CCC1(C)NC(=O)C(C)N(c2cccc(I)c2)C1=O. The van der Waals surface area contributed by atoms with Crippen LogP contribution in [0.5, 0.6) is 0 Å². The number of halogens is 1. The van der Waals surface area contributed by atoms with Crippen molar-refractivity contribution in [1.82, 2.24) is 5.32 Å². The summed E-state index contributed by atoms with van der Waals surface area (Å²) in [5.41, 5.74) is -0.0378. The number of carbonyl (C=O) groups excluding carboxylic acids is 2. The average molecular weight is 372 g/mol. The number of nitrogens with one attached hydrogen (secondary N) is 1. The van der Waals surface area contributed by atoms with Crippen LogP contribution in [0.4, 0.5) is 5.69 Å². The average Bonchev–Trinajstić information content (AvgIpc) is 2.37. The third kappa shape index (κ3) is 2.48. The van der Waals surface area contributed by atoms with Gasteiger partial charge in [-0.15, -0.1) is 0 Å². The number of hydrogen-bond donors (Lipinski definition) is 1. The van der Waals surface area contributed by atoms with Crippen LogP contribution in [0.2, 0.25) is 0 Å². The quantitative estimate of drug-likeness (QED) is 0.811. The van der Waals surface area contributed by atoms with Crippen molar-refractivity contribution in [2.75, 3.05) is 4.90 Å². The number of benzene rings is 1. The molecule has 1 fully saturated rings. The maximum Gasteiger partial charge on any atom is 0.253 e. The molecule has 0 radical (unpaired) electrons. The summed E-state index contributed by atoms with van der Waals surface area (Å²) in [6.07, 6.45) is 0.574. The van der Waals surface area contributed by atoms with Crippen LogP contribution in [0, 0.1) is 3.57 Å². The second kappa shape index (κ2) is 5.11. The molecule has 102 valence electrons. The zero-order valence-corrected chi connectivity index (χ0v) is 13.4. The van der Waals surface area contributed by atoms with Crippen molar-refractivity contribution in [2.45, 2.75) is 38.8 Å². The molecule has 2 rings (SSSR count). The molecule has 1 aliphatic rings. The minimum Gasteiger partial charge on any atom is -0.340 e. The number of hydrogen-bond acceptors (Lipinski definition) is 2. The van der Waals surface area contributed by atoms with Gasteiger partial charge in [-0.2, -0.15) is 0 Å². The fourth-order valence-corrected chi connectivity index (χ4v) is 2.72. The van der Waals surface area contributed by atoms with E-state index in [0.717, 1.165) is 9.26 Å². The first-order chi connectivity index (χ1) is 8.89. The highest BCUT2D eigenvalue weighted by atomic mass is 127. The molecule has 19 heavy (non-hydrogen) atoms. The lowest BCUT2D eigenvalue weighted by atomic mass is 9.92. The molecule has 1 aliphatic heterocycles. The van der Waals surface area contributed by atoms with Crippen LogP contribution >= 0.6 is 22.6 Å². The lowest BCUT2D eigenvalue weighted by Crippen LogP contribution is -2.68. The number of anilines is 1. The van der Waals surface area contributed by atoms with Crippen molar-refractivity contribution in [3.05, 3.63) is 27.8 Å². The minimum absolute atomic E-state index is 0.0518. The summed E-state index contributed by atoms with van der Waals surface area (Å²) in [6, 6.07) is 7.16. The van der Waals surface area contributed by atoms with Crippen molar-refractivity contribution in [3.63, 3.8) is 0 Å². The van der Waals surface area contributed by atoms with E-state index in [0.29, 0.717) is 6.42 Å². The van der Waals surface area contributed by atoms with E-state index in [2.05, 4.69) is 27.9 Å². The number of rotatable bonds is 2. The Morgan fingerprint density at radius 2 is 2.11 bits per heavy atom. The molecule has 1 aromatic rings. The highest BCUT2D eigenvalue weighted by Gasteiger charge is 2.45. The minimum atomic E-state index is -0.815. The summed E-state index contributed by atoms with van der Waals surface area (Å²) < 4.78 is 1.04. The molecule has 0 spiro atoms. The van der Waals surface area contributed by atoms with E-state index in [1.165, 1.54) is 0 Å². The number of piperazine rings is 1. The van der Waals surface area contributed by atoms with E-state index in [-0.39, 0.29) is 11.8 Å². The molecule has 5 heteroatoms. The number of carbonyl (C=O) groups is 2. The second-order valence-electron chi connectivity index (χ2n) is 5.01. The van der Waals surface area contributed by atoms with Crippen LogP contribution < -0.4 is 10.2 Å². The largest absolute Gasteiger partial charge is 0.340 e. The topological polar surface area (TPSA) is 49.4 Å². The van der Waals surface area contributed by atoms with Crippen LogP contribution in [0.3, 0.4) is 0 Å². The molecular weight excluding hydrogens is 355 g/mol. The molecule has 0 aromatic heterocycles. The van der Waals surface area contributed by atoms with Gasteiger partial charge < -0.3 is 5.32 Å². The van der Waals surface area contributed by atoms with Crippen LogP contribution in [0.1, 0.15) is 27.2 Å². The van der Waals surface area contributed by atoms with Gasteiger partial charge in [0.15, 0.2) is 0 Å². The highest BCUT2D eigenvalue weighted by Crippen LogP contribution is 2.28. The highest BCUT2D eigenvalue weighted by molar-refractivity contribution is 14.1. The monoisotopic (exact) mass is 372 g/mol. The Hall–Kier alpha value is -1.11. The lowest BCUT2D eigenvalue weighted by molar-refractivity contribution is -0.137. The third-order valence-electron chi connectivity index (χ3n) is 3.65. The summed E-state index contributed by atoms with van der Waals surface area (Å²) in [6.45, 7) is 5.43. The van der Waals surface area contributed by atoms with E-state index in [1.54, 1.807) is 18.7 Å². The molecule has 1 saturated heterocycles. The van der Waals surface area contributed by atoms with Crippen molar-refractivity contribution < 1.29 is 9.59 Å². The molecule has 0 bridgehead atoms. The maximum atomic E-state index is 12.7. The summed E-state index contributed by atoms with van der Waals surface area (Å²) >= 11 is 2.20. The molecule has 1 aromatic carbocycles. The Morgan fingerprint density at radius 3 is 2.68 bits per heavy atom. The molecule has 2 atom stereocenters. The van der Waals surface area contributed by atoms with E-state index >= 15 is 0 Å². The van der Waals surface area contributed by atoms with Crippen molar-refractivity contribution in [1.29, 1.82) is 0 Å². The van der Waals surface area contributed by atoms with Gasteiger partial charge in [0.1, 0.15) is 11.6 Å². The Kier molecular flexibility index (Phi) is 3.85. The Balaban J connectivity index is 2.47. The molecule has 1 N–H and O–H groups in total. The van der Waals surface area contributed by atoms with Crippen LogP contribution in [-0.2, 0) is 9.59 Å². The fraction of sp³-hybridized carbons (Fsp3) is 0.429. The van der Waals surface area contributed by atoms with Crippen molar-refractivity contribution in [2.24, 2.45) is 0 Å². The second-order valence-corrected chi connectivity index (χ2v) is 6.25. The van der Waals surface area contributed by atoms with Gasteiger partial charge >= 0.3 is 0 Å². The van der Waals surface area contributed by atoms with Crippen molar-refractivity contribution >= 4 is 40.1 Å². The summed E-state index contributed by atoms with van der Waals surface area (Å²) in [5.74, 6) is -0.160. The smallest absolute Gasteiger partial charge is 0.253 e. The van der Waals surface area contributed by atoms with Crippen LogP contribution in [0.25, 0.3) is 0 Å². The molecule has 1 heterocycles. The predicted molar refractivity (Wildman–Crippen MR) is 82.9 cm³/mol. The summed E-state index contributed by atoms with van der Waals surface area (Å²) in [4.78, 5) is 26.3. The first-order valence-corrected chi connectivity index (χ1v) is 7.38. The van der Waals surface area contributed by atoms with Gasteiger partial charge in [0.25, 0.3) is 5.91 Å². The van der Waals surface area contributed by atoms with Gasteiger partial charge in [0, 0.05) is 9.26 Å². The van der Waals surface area contributed by atoms with E-state index in [1.807, 2.05) is 31.2 Å². The molecule has 0 saturated carbocycles. The van der Waals surface area contributed by atoms with E-state index < -0.39 is 11.6 Å². The standard InChI is InChI=1S/C14H17IN2O2/c1-4-14(3)13(19)17(9(2)12(18)16-14)11-7-5-6-10(15)8-11/h5-9H,4H2,1-3H3,(H,16,18). The Labute approximate surface area is 126 Å². The predicted octanol–water partition coefficient (Wildman–Crippen LogP) is 2.31. The zero-order valence-electron chi connectivity index (χ0n) is 11.2. The normalized spacial score (nSPS) is 27.4. The van der Waals surface area contributed by atoms with Gasteiger partial charge in [-0.05, 0) is 61.1 Å². The third-order valence-corrected chi connectivity index (χ3v) is 4.32. The fourth-order valence-electron chi connectivity index (χ4n) is 2.20. The maximum absolute atomic E-state index is 12.7. The van der Waals surface area contributed by atoms with Gasteiger partial charge in [0.05, 0.1) is 0 Å². The van der Waals surface area contributed by atoms with Crippen LogP contribution in [-0.4, -0.2) is 23.4 Å². The lowest BCUT2D eigenvalue weighted by Gasteiger charge is -2.43. The number of nitrogens with zero attached hydrogens (tertiary/aromatic N) is 1. The molecule has 0 aliphatic carbocycles. The summed E-state index contributed by atoms with van der Waals surface area (Å²) in [5, 5.41) is 2.82. The molecular formula is C14H17IN2O2. The van der Waals surface area contributed by atoms with E-state index in [4.69, 9.17) is 0 Å². The van der Waals surface area contributed by atoms with Crippen molar-refractivity contribution in [3.8, 4) is 0 Å². The molecule has 2 unspecified atom stereocenters. The Bertz CT molecular complexity index is 532. The summed E-state index contributed by atoms with van der Waals surface area (Å²) in [7, 11) is 0. The van der Waals surface area contributed by atoms with E-state index in [9.17, 15) is 9.59 Å². The molecule has 4 nitrogen and oxygen atoms in total. The number of amides is 2.